The van der Waals surface area contributed by atoms with Crippen molar-refractivity contribution in [2.45, 2.75) is 13.8 Å². The van der Waals surface area contributed by atoms with Crippen molar-refractivity contribution in [2.75, 3.05) is 31.1 Å². The van der Waals surface area contributed by atoms with Gasteiger partial charge in [0.25, 0.3) is 0 Å². The molecule has 0 bridgehead atoms. The molecule has 0 unspecified atom stereocenters. The van der Waals surface area contributed by atoms with Crippen molar-refractivity contribution in [3.63, 3.8) is 0 Å². The molecule has 16 heavy (non-hydrogen) atoms. The Hall–Kier alpha value is -1.51. The van der Waals surface area contributed by atoms with Crippen LogP contribution < -0.4 is 4.90 Å². The van der Waals surface area contributed by atoms with Gasteiger partial charge >= 0.3 is 0 Å². The average Bonchev–Trinajstić information content (AvgIpc) is 2.30. The highest BCUT2D eigenvalue weighted by Crippen LogP contribution is 2.16. The number of nitrogens with zero attached hydrogens (tertiary/aromatic N) is 2. The van der Waals surface area contributed by atoms with Gasteiger partial charge in [0.1, 0.15) is 0 Å². The van der Waals surface area contributed by atoms with Gasteiger partial charge in [0.2, 0.25) is 5.91 Å². The fourth-order valence-corrected chi connectivity index (χ4v) is 2.04. The number of rotatable bonds is 1. The van der Waals surface area contributed by atoms with E-state index in [1.54, 1.807) is 6.92 Å². The van der Waals surface area contributed by atoms with Gasteiger partial charge in [0.15, 0.2) is 0 Å². The summed E-state index contributed by atoms with van der Waals surface area (Å²) >= 11 is 0. The van der Waals surface area contributed by atoms with E-state index in [9.17, 15) is 4.79 Å². The molecule has 0 radical (unpaired) electrons. The topological polar surface area (TPSA) is 23.6 Å². The first-order valence-corrected chi connectivity index (χ1v) is 5.74. The molecule has 1 fully saturated rings. The first-order valence-electron chi connectivity index (χ1n) is 5.74. The molecule has 0 aliphatic carbocycles. The highest BCUT2D eigenvalue weighted by atomic mass is 16.2. The maximum absolute atomic E-state index is 11.2. The van der Waals surface area contributed by atoms with Crippen molar-refractivity contribution in [2.24, 2.45) is 0 Å². The van der Waals surface area contributed by atoms with Crippen LogP contribution in [0.1, 0.15) is 12.5 Å². The number of amides is 1. The molecule has 0 saturated carbocycles. The van der Waals surface area contributed by atoms with Crippen LogP contribution in [0.4, 0.5) is 5.69 Å². The molecule has 1 saturated heterocycles. The minimum Gasteiger partial charge on any atom is -0.368 e. The minimum atomic E-state index is 0.184. The summed E-state index contributed by atoms with van der Waals surface area (Å²) in [6.07, 6.45) is 0. The second kappa shape index (κ2) is 4.56. The van der Waals surface area contributed by atoms with Gasteiger partial charge in [-0.1, -0.05) is 17.7 Å². The first-order chi connectivity index (χ1) is 7.66. The second-order valence-corrected chi connectivity index (χ2v) is 4.33. The lowest BCUT2D eigenvalue weighted by Crippen LogP contribution is -2.48. The Morgan fingerprint density at radius 2 is 1.62 bits per heavy atom. The molecule has 1 aromatic carbocycles. The summed E-state index contributed by atoms with van der Waals surface area (Å²) in [6, 6.07) is 8.57. The molecule has 1 amide bonds. The van der Waals surface area contributed by atoms with E-state index in [1.807, 2.05) is 4.90 Å². The number of carbonyl (C=O) groups excluding carboxylic acids is 1. The van der Waals surface area contributed by atoms with Gasteiger partial charge < -0.3 is 9.80 Å². The molecule has 1 aliphatic rings. The SMILES string of the molecule is CC(=O)N1CCN(c2ccc(C)cc2)CC1. The lowest BCUT2D eigenvalue weighted by molar-refractivity contribution is -0.129. The van der Waals surface area contributed by atoms with Gasteiger partial charge in [-0.3, -0.25) is 4.79 Å². The normalized spacial score (nSPS) is 16.4. The number of benzene rings is 1. The number of piperazine rings is 1. The van der Waals surface area contributed by atoms with E-state index in [-0.39, 0.29) is 5.91 Å². The van der Waals surface area contributed by atoms with Crippen molar-refractivity contribution >= 4 is 11.6 Å². The average molecular weight is 218 g/mol. The molecule has 1 aliphatic heterocycles. The third kappa shape index (κ3) is 2.35. The Bertz CT molecular complexity index is 364. The molecule has 0 atom stereocenters. The zero-order valence-electron chi connectivity index (χ0n) is 9.94. The molecule has 86 valence electrons. The summed E-state index contributed by atoms with van der Waals surface area (Å²) in [7, 11) is 0. The number of hydrogen-bond acceptors (Lipinski definition) is 2. The van der Waals surface area contributed by atoms with Crippen LogP contribution in [-0.2, 0) is 4.79 Å². The van der Waals surface area contributed by atoms with Gasteiger partial charge in [0, 0.05) is 38.8 Å². The highest BCUT2D eigenvalue weighted by Gasteiger charge is 2.18. The monoisotopic (exact) mass is 218 g/mol. The number of aryl methyl sites for hydroxylation is 1. The van der Waals surface area contributed by atoms with Crippen molar-refractivity contribution in [1.29, 1.82) is 0 Å². The van der Waals surface area contributed by atoms with E-state index in [0.717, 1.165) is 26.2 Å². The summed E-state index contributed by atoms with van der Waals surface area (Å²) in [4.78, 5) is 15.4. The summed E-state index contributed by atoms with van der Waals surface area (Å²) in [6.45, 7) is 7.27. The third-order valence-electron chi connectivity index (χ3n) is 3.12. The van der Waals surface area contributed by atoms with E-state index in [0.29, 0.717) is 0 Å². The molecule has 2 rings (SSSR count). The van der Waals surface area contributed by atoms with E-state index in [4.69, 9.17) is 0 Å². The zero-order chi connectivity index (χ0) is 11.5. The Morgan fingerprint density at radius 3 is 2.12 bits per heavy atom. The molecule has 0 spiro atoms. The van der Waals surface area contributed by atoms with Crippen LogP contribution in [0.15, 0.2) is 24.3 Å². The van der Waals surface area contributed by atoms with Crippen LogP contribution in [0.2, 0.25) is 0 Å². The van der Waals surface area contributed by atoms with Crippen LogP contribution in [0.5, 0.6) is 0 Å². The Balaban J connectivity index is 1.99. The summed E-state index contributed by atoms with van der Waals surface area (Å²) in [5.41, 5.74) is 2.54. The number of anilines is 1. The Labute approximate surface area is 96.7 Å². The van der Waals surface area contributed by atoms with Gasteiger partial charge in [-0.25, -0.2) is 0 Å². The molecule has 3 nitrogen and oxygen atoms in total. The van der Waals surface area contributed by atoms with Gasteiger partial charge in [-0.05, 0) is 19.1 Å². The summed E-state index contributed by atoms with van der Waals surface area (Å²) in [5.74, 6) is 0.184. The van der Waals surface area contributed by atoms with Crippen molar-refractivity contribution < 1.29 is 4.79 Å². The van der Waals surface area contributed by atoms with E-state index in [2.05, 4.69) is 36.1 Å². The smallest absolute Gasteiger partial charge is 0.219 e. The fraction of sp³-hybridized carbons (Fsp3) is 0.462. The fourth-order valence-electron chi connectivity index (χ4n) is 2.04. The largest absolute Gasteiger partial charge is 0.368 e. The van der Waals surface area contributed by atoms with Crippen LogP contribution in [0.3, 0.4) is 0 Å². The summed E-state index contributed by atoms with van der Waals surface area (Å²) < 4.78 is 0. The molecule has 1 heterocycles. The Kier molecular flexibility index (Phi) is 3.13. The van der Waals surface area contributed by atoms with E-state index >= 15 is 0 Å². The molecule has 0 aromatic heterocycles. The van der Waals surface area contributed by atoms with Crippen molar-refractivity contribution in [3.8, 4) is 0 Å². The third-order valence-corrected chi connectivity index (χ3v) is 3.12. The highest BCUT2D eigenvalue weighted by molar-refractivity contribution is 5.73. The predicted octanol–water partition coefficient (Wildman–Crippen LogP) is 1.66. The van der Waals surface area contributed by atoms with Crippen molar-refractivity contribution in [3.05, 3.63) is 29.8 Å². The van der Waals surface area contributed by atoms with Crippen LogP contribution in [0, 0.1) is 6.92 Å². The quantitative estimate of drug-likeness (QED) is 0.715. The van der Waals surface area contributed by atoms with Crippen LogP contribution >= 0.6 is 0 Å². The minimum absolute atomic E-state index is 0.184. The lowest BCUT2D eigenvalue weighted by Gasteiger charge is -2.35. The van der Waals surface area contributed by atoms with Gasteiger partial charge in [-0.15, -0.1) is 0 Å². The van der Waals surface area contributed by atoms with Crippen LogP contribution in [-0.4, -0.2) is 37.0 Å². The lowest BCUT2D eigenvalue weighted by atomic mass is 10.2. The molecule has 1 aromatic rings. The maximum atomic E-state index is 11.2. The van der Waals surface area contributed by atoms with Crippen LogP contribution in [0.25, 0.3) is 0 Å². The summed E-state index contributed by atoms with van der Waals surface area (Å²) in [5, 5.41) is 0. The molecular weight excluding hydrogens is 200 g/mol. The first kappa shape index (κ1) is 11.0. The molecule has 0 N–H and O–H groups in total. The van der Waals surface area contributed by atoms with Crippen molar-refractivity contribution in [1.82, 2.24) is 4.90 Å². The van der Waals surface area contributed by atoms with Gasteiger partial charge in [-0.2, -0.15) is 0 Å². The second-order valence-electron chi connectivity index (χ2n) is 4.33. The van der Waals surface area contributed by atoms with E-state index < -0.39 is 0 Å². The van der Waals surface area contributed by atoms with Gasteiger partial charge in [0.05, 0.1) is 0 Å². The van der Waals surface area contributed by atoms with E-state index in [1.165, 1.54) is 11.3 Å². The number of hydrogen-bond donors (Lipinski definition) is 0. The number of carbonyl (C=O) groups is 1. The molecular formula is C13H18N2O. The maximum Gasteiger partial charge on any atom is 0.219 e. The predicted molar refractivity (Wildman–Crippen MR) is 65.6 cm³/mol. The Morgan fingerprint density at radius 1 is 1.06 bits per heavy atom. The standard InChI is InChI=1S/C13H18N2O/c1-11-3-5-13(6-4-11)15-9-7-14(8-10-15)12(2)16/h3-6H,7-10H2,1-2H3. The zero-order valence-corrected chi connectivity index (χ0v) is 9.94. The molecule has 3 heteroatoms.